The highest BCUT2D eigenvalue weighted by molar-refractivity contribution is 6.33. The van der Waals surface area contributed by atoms with E-state index in [1.54, 1.807) is 0 Å². The Morgan fingerprint density at radius 2 is 1.21 bits per heavy atom. The van der Waals surface area contributed by atoms with Gasteiger partial charge in [-0.15, -0.1) is 0 Å². The normalized spacial score (nSPS) is 11.6. The van der Waals surface area contributed by atoms with Gasteiger partial charge in [-0.25, -0.2) is 0 Å². The number of amides is 6. The van der Waals surface area contributed by atoms with Gasteiger partial charge in [0.2, 0.25) is 47.6 Å². The van der Waals surface area contributed by atoms with Crippen LogP contribution in [0.2, 0.25) is 0 Å². The van der Waals surface area contributed by atoms with Gasteiger partial charge in [0.1, 0.15) is 11.8 Å². The zero-order valence-electron chi connectivity index (χ0n) is 23.4. The molecule has 0 aliphatic rings. The number of Topliss-reactive ketones (excluding diaryl/α,β-unsaturated/α-hetero) is 1. The molecule has 39 heavy (non-hydrogen) atoms. The molecule has 212 valence electrons. The van der Waals surface area contributed by atoms with Gasteiger partial charge in [0.25, 0.3) is 6.03 Å². The van der Waals surface area contributed by atoms with Crippen LogP contribution in [0.1, 0.15) is 85.0 Å². The van der Waals surface area contributed by atoms with Crippen molar-refractivity contribution in [1.29, 1.82) is 0 Å². The quantitative estimate of drug-likeness (QED) is 0.110. The first-order chi connectivity index (χ1) is 18.3. The lowest BCUT2D eigenvalue weighted by Crippen LogP contribution is -2.49. The Bertz CT molecular complexity index is 823. The summed E-state index contributed by atoms with van der Waals surface area (Å²) in [5.41, 5.74) is -0.434. The SMILES string of the molecule is [B]NC(=O)CCCCNC(=O)[C@H](CC(=O)NCCCCNC(=O)N([B])[B])NC(=O)CCCCC(=O)C(C)(C)C. The number of carbonyl (C=O) groups excluding carboxylic acids is 6. The van der Waals surface area contributed by atoms with Crippen LogP contribution in [0.5, 0.6) is 0 Å². The van der Waals surface area contributed by atoms with E-state index in [0.29, 0.717) is 62.8 Å². The van der Waals surface area contributed by atoms with E-state index in [-0.39, 0.29) is 37.5 Å². The molecule has 0 heterocycles. The number of ketones is 1. The van der Waals surface area contributed by atoms with Crippen LogP contribution in [0.15, 0.2) is 0 Å². The Morgan fingerprint density at radius 3 is 1.79 bits per heavy atom. The lowest BCUT2D eigenvalue weighted by atomic mass is 9.88. The van der Waals surface area contributed by atoms with Crippen LogP contribution in [0.3, 0.4) is 0 Å². The fourth-order valence-corrected chi connectivity index (χ4v) is 3.26. The van der Waals surface area contributed by atoms with Gasteiger partial charge in [-0.1, -0.05) is 20.8 Å². The van der Waals surface area contributed by atoms with Gasteiger partial charge >= 0.3 is 0 Å². The summed E-state index contributed by atoms with van der Waals surface area (Å²) in [6, 6.07) is -1.72. The lowest BCUT2D eigenvalue weighted by molar-refractivity contribution is -0.132. The summed E-state index contributed by atoms with van der Waals surface area (Å²) >= 11 is 0. The van der Waals surface area contributed by atoms with Crippen LogP contribution in [-0.4, -0.2) is 89.8 Å². The maximum Gasteiger partial charge on any atom is 0.291 e. The van der Waals surface area contributed by atoms with Gasteiger partial charge in [0.15, 0.2) is 0 Å². The molecule has 0 saturated carbocycles. The molecule has 0 aromatic rings. The van der Waals surface area contributed by atoms with Crippen molar-refractivity contribution in [2.75, 3.05) is 19.6 Å². The van der Waals surface area contributed by atoms with Crippen LogP contribution in [0, 0.1) is 5.41 Å². The molecule has 12 nitrogen and oxygen atoms in total. The Balaban J connectivity index is 4.69. The number of urea groups is 1. The van der Waals surface area contributed by atoms with Crippen LogP contribution < -0.4 is 26.5 Å². The zero-order chi connectivity index (χ0) is 29.8. The number of hydrogen-bond acceptors (Lipinski definition) is 6. The number of rotatable bonds is 19. The molecule has 1 atom stereocenters. The highest BCUT2D eigenvalue weighted by atomic mass is 16.2. The molecular formula is C24H41B3N6O6. The molecule has 0 aromatic carbocycles. The molecule has 6 radical (unpaired) electrons. The predicted molar refractivity (Wildman–Crippen MR) is 149 cm³/mol. The fourth-order valence-electron chi connectivity index (χ4n) is 3.26. The largest absolute Gasteiger partial charge is 0.431 e. The van der Waals surface area contributed by atoms with Gasteiger partial charge in [-0.2, -0.15) is 0 Å². The van der Waals surface area contributed by atoms with Gasteiger partial charge in [0.05, 0.1) is 6.42 Å². The molecule has 0 rings (SSSR count). The van der Waals surface area contributed by atoms with Crippen molar-refractivity contribution >= 4 is 59.4 Å². The van der Waals surface area contributed by atoms with Crippen LogP contribution in [-0.2, 0) is 24.0 Å². The van der Waals surface area contributed by atoms with Gasteiger partial charge in [-0.3, -0.25) is 28.8 Å². The molecule has 0 aliphatic heterocycles. The van der Waals surface area contributed by atoms with E-state index in [9.17, 15) is 28.8 Å². The van der Waals surface area contributed by atoms with Gasteiger partial charge in [0, 0.05) is 44.3 Å². The Morgan fingerprint density at radius 1 is 0.692 bits per heavy atom. The highest BCUT2D eigenvalue weighted by Gasteiger charge is 2.24. The van der Waals surface area contributed by atoms with Crippen LogP contribution in [0.25, 0.3) is 0 Å². The minimum absolute atomic E-state index is 0.115. The van der Waals surface area contributed by atoms with Crippen molar-refractivity contribution in [3.8, 4) is 0 Å². The Hall–Kier alpha value is -2.99. The monoisotopic (exact) mass is 542 g/mol. The van der Waals surface area contributed by atoms with E-state index < -0.39 is 35.2 Å². The lowest BCUT2D eigenvalue weighted by Gasteiger charge is -2.19. The molecule has 15 heteroatoms. The molecular weight excluding hydrogens is 501 g/mol. The molecule has 6 amide bonds. The van der Waals surface area contributed by atoms with Crippen molar-refractivity contribution in [2.24, 2.45) is 5.41 Å². The summed E-state index contributed by atoms with van der Waals surface area (Å²) in [7, 11) is 15.2. The third-order valence-electron chi connectivity index (χ3n) is 5.66. The topological polar surface area (TPSA) is 166 Å². The van der Waals surface area contributed by atoms with E-state index in [0.717, 1.165) is 0 Å². The summed E-state index contributed by atoms with van der Waals surface area (Å²) in [5.74, 6) is -1.53. The van der Waals surface area contributed by atoms with Crippen molar-refractivity contribution in [3.63, 3.8) is 0 Å². The molecule has 5 N–H and O–H groups in total. The minimum atomic E-state index is -1.08. The van der Waals surface area contributed by atoms with E-state index in [4.69, 9.17) is 23.9 Å². The second-order valence-corrected chi connectivity index (χ2v) is 10.2. The Labute approximate surface area is 235 Å². The average molecular weight is 542 g/mol. The third-order valence-corrected chi connectivity index (χ3v) is 5.66. The zero-order valence-corrected chi connectivity index (χ0v) is 23.4. The molecule has 0 spiro atoms. The maximum absolute atomic E-state index is 12.7. The summed E-state index contributed by atoms with van der Waals surface area (Å²) < 4.78 is 0.434. The number of nitrogens with one attached hydrogen (secondary N) is 5. The molecule has 0 aromatic heterocycles. The summed E-state index contributed by atoms with van der Waals surface area (Å²) in [6.45, 7) is 6.41. The number of nitrogens with zero attached hydrogens (tertiary/aromatic N) is 1. The predicted octanol–water partition coefficient (Wildman–Crippen LogP) is -0.402. The van der Waals surface area contributed by atoms with E-state index in [1.165, 1.54) is 0 Å². The summed E-state index contributed by atoms with van der Waals surface area (Å²) in [4.78, 5) is 72.1. The van der Waals surface area contributed by atoms with E-state index in [1.807, 2.05) is 26.0 Å². The summed E-state index contributed by atoms with van der Waals surface area (Å²) in [6.07, 6.45) is 3.58. The first kappa shape index (κ1) is 36.0. The standard InChI is InChI=1S/C24H41B3N6O6/c1-24(2,3)18(34)10-4-5-11-19(35)31-17(22(38)29-14-7-6-12-20(36)32-25)16-21(37)28-13-8-9-15-30-23(39)33(26)27/h17H,4-16H2,1-3H3,(H,28,37)(H,29,38)(H,30,39)(H,31,35)(H,32,36)/t17-/m0/s1. The molecule has 0 fully saturated rings. The Kier molecular flexibility index (Phi) is 18.5. The van der Waals surface area contributed by atoms with Gasteiger partial charge in [-0.05, 0) is 38.5 Å². The molecule has 0 saturated heterocycles. The molecule has 0 unspecified atom stereocenters. The third kappa shape index (κ3) is 18.8. The minimum Gasteiger partial charge on any atom is -0.431 e. The van der Waals surface area contributed by atoms with E-state index in [2.05, 4.69) is 21.3 Å². The van der Waals surface area contributed by atoms with Crippen molar-refractivity contribution in [3.05, 3.63) is 0 Å². The smallest absolute Gasteiger partial charge is 0.291 e. The van der Waals surface area contributed by atoms with Crippen molar-refractivity contribution in [1.82, 2.24) is 31.2 Å². The first-order valence-corrected chi connectivity index (χ1v) is 13.2. The summed E-state index contributed by atoms with van der Waals surface area (Å²) in [5, 5.41) is 12.5. The van der Waals surface area contributed by atoms with Crippen LogP contribution >= 0.6 is 0 Å². The number of carbonyl (C=O) groups is 6. The second-order valence-electron chi connectivity index (χ2n) is 10.2. The van der Waals surface area contributed by atoms with Crippen molar-refractivity contribution in [2.45, 2.75) is 91.0 Å². The first-order valence-electron chi connectivity index (χ1n) is 13.2. The molecule has 0 bridgehead atoms. The second kappa shape index (κ2) is 20.0. The average Bonchev–Trinajstić information content (AvgIpc) is 2.86. The van der Waals surface area contributed by atoms with E-state index >= 15 is 0 Å². The van der Waals surface area contributed by atoms with Crippen molar-refractivity contribution < 1.29 is 28.8 Å². The van der Waals surface area contributed by atoms with Crippen LogP contribution in [0.4, 0.5) is 4.79 Å². The number of unbranched alkanes of at least 4 members (excludes halogenated alkanes) is 3. The molecule has 0 aliphatic carbocycles. The van der Waals surface area contributed by atoms with Gasteiger partial charge < -0.3 is 31.2 Å². The number of hydrogen-bond donors (Lipinski definition) is 5. The maximum atomic E-state index is 12.7. The highest BCUT2D eigenvalue weighted by Crippen LogP contribution is 2.18. The fraction of sp³-hybridized carbons (Fsp3) is 0.750.